The molecule has 0 heterocycles. The van der Waals surface area contributed by atoms with E-state index in [0.717, 1.165) is 17.4 Å². The van der Waals surface area contributed by atoms with Crippen molar-refractivity contribution >= 4 is 21.4 Å². The summed E-state index contributed by atoms with van der Waals surface area (Å²) in [5.74, 6) is 0.0736. The third-order valence-corrected chi connectivity index (χ3v) is 4.45. The van der Waals surface area contributed by atoms with Crippen LogP contribution in [0, 0.1) is 6.92 Å². The smallest absolute Gasteiger partial charge is 0.245 e. The summed E-state index contributed by atoms with van der Waals surface area (Å²) in [7, 11) is -3.08. The van der Waals surface area contributed by atoms with Crippen LogP contribution in [-0.2, 0) is 14.6 Å². The van der Waals surface area contributed by atoms with Gasteiger partial charge in [-0.15, -0.1) is 0 Å². The Morgan fingerprint density at radius 1 is 1.20 bits per heavy atom. The minimum atomic E-state index is -3.08. The van der Waals surface area contributed by atoms with Crippen LogP contribution in [0.4, 0.5) is 5.69 Å². The van der Waals surface area contributed by atoms with E-state index in [-0.39, 0.29) is 18.3 Å². The van der Waals surface area contributed by atoms with Gasteiger partial charge in [-0.3, -0.25) is 4.79 Å². The molecule has 25 heavy (non-hydrogen) atoms. The highest BCUT2D eigenvalue weighted by atomic mass is 32.2. The molecule has 0 bridgehead atoms. The van der Waals surface area contributed by atoms with Crippen LogP contribution >= 0.6 is 0 Å². The molecule has 6 nitrogen and oxygen atoms in total. The van der Waals surface area contributed by atoms with E-state index in [1.165, 1.54) is 0 Å². The normalized spacial score (nSPS) is 12.4. The van der Waals surface area contributed by atoms with Crippen molar-refractivity contribution in [1.82, 2.24) is 0 Å². The molecule has 2 rings (SSSR count). The molecule has 2 aromatic rings. The Morgan fingerprint density at radius 3 is 2.52 bits per heavy atom. The van der Waals surface area contributed by atoms with Crippen molar-refractivity contribution in [3.63, 3.8) is 0 Å². The van der Waals surface area contributed by atoms with E-state index in [4.69, 9.17) is 10.5 Å². The second-order valence-electron chi connectivity index (χ2n) is 5.88. The number of hydrogen-bond acceptors (Lipinski definition) is 5. The molecule has 0 radical (unpaired) electrons. The predicted molar refractivity (Wildman–Crippen MR) is 98.4 cm³/mol. The lowest BCUT2D eigenvalue weighted by Gasteiger charge is -2.14. The number of aryl methyl sites for hydroxylation is 1. The van der Waals surface area contributed by atoms with Crippen LogP contribution in [0.2, 0.25) is 0 Å². The summed E-state index contributed by atoms with van der Waals surface area (Å²) in [5.41, 5.74) is 8.34. The molecule has 0 aliphatic heterocycles. The molecule has 0 saturated carbocycles. The molecule has 1 amide bonds. The number of carbonyl (C=O) groups is 1. The first-order valence-corrected chi connectivity index (χ1v) is 9.84. The van der Waals surface area contributed by atoms with Gasteiger partial charge in [-0.05, 0) is 24.6 Å². The number of anilines is 1. The maximum atomic E-state index is 12.3. The summed E-state index contributed by atoms with van der Waals surface area (Å²) >= 11 is 0. The maximum absolute atomic E-state index is 12.3. The third-order valence-electron chi connectivity index (χ3n) is 3.54. The van der Waals surface area contributed by atoms with E-state index in [1.54, 1.807) is 24.3 Å². The van der Waals surface area contributed by atoms with Gasteiger partial charge in [0.05, 0.1) is 5.75 Å². The van der Waals surface area contributed by atoms with Gasteiger partial charge in [-0.25, -0.2) is 8.42 Å². The van der Waals surface area contributed by atoms with Crippen LogP contribution in [-0.4, -0.2) is 32.9 Å². The second kappa shape index (κ2) is 8.13. The Morgan fingerprint density at radius 2 is 1.88 bits per heavy atom. The zero-order valence-corrected chi connectivity index (χ0v) is 15.0. The highest BCUT2D eigenvalue weighted by Gasteiger charge is 2.16. The Bertz CT molecular complexity index is 832. The molecule has 1 unspecified atom stereocenters. The van der Waals surface area contributed by atoms with Gasteiger partial charge in [-0.2, -0.15) is 0 Å². The van der Waals surface area contributed by atoms with E-state index in [1.807, 2.05) is 31.2 Å². The molecule has 134 valence electrons. The molecule has 0 spiro atoms. The fourth-order valence-corrected chi connectivity index (χ4v) is 2.51. The number of rotatable bonds is 7. The van der Waals surface area contributed by atoms with Crippen molar-refractivity contribution in [2.24, 2.45) is 5.73 Å². The van der Waals surface area contributed by atoms with Crippen molar-refractivity contribution < 1.29 is 17.9 Å². The van der Waals surface area contributed by atoms with E-state index in [9.17, 15) is 13.2 Å². The van der Waals surface area contributed by atoms with Gasteiger partial charge in [0.15, 0.2) is 9.84 Å². The molecule has 3 N–H and O–H groups in total. The van der Waals surface area contributed by atoms with Gasteiger partial charge in [0.1, 0.15) is 18.4 Å². The fraction of sp³-hybridized carbons (Fsp3) is 0.278. The zero-order valence-electron chi connectivity index (χ0n) is 14.2. The molecule has 0 saturated heterocycles. The molecular weight excluding hydrogens is 340 g/mol. The van der Waals surface area contributed by atoms with Gasteiger partial charge < -0.3 is 15.8 Å². The average molecular weight is 362 g/mol. The predicted octanol–water partition coefficient (Wildman–Crippen LogP) is 2.06. The first-order chi connectivity index (χ1) is 11.7. The molecule has 0 aliphatic carbocycles. The molecule has 0 fully saturated rings. The van der Waals surface area contributed by atoms with Gasteiger partial charge in [0.25, 0.3) is 0 Å². The van der Waals surface area contributed by atoms with Gasteiger partial charge in [-0.1, -0.05) is 35.9 Å². The quantitative estimate of drug-likeness (QED) is 0.785. The van der Waals surface area contributed by atoms with Crippen LogP contribution in [0.15, 0.2) is 48.5 Å². The molecule has 0 aliphatic rings. The number of amides is 1. The lowest BCUT2D eigenvalue weighted by molar-refractivity contribution is -0.117. The number of nitrogens with one attached hydrogen (secondary N) is 1. The van der Waals surface area contributed by atoms with Gasteiger partial charge in [0.2, 0.25) is 5.91 Å². The first kappa shape index (κ1) is 19.0. The maximum Gasteiger partial charge on any atom is 0.245 e. The van der Waals surface area contributed by atoms with E-state index in [2.05, 4.69) is 5.32 Å². The molecule has 0 aromatic heterocycles. The minimum Gasteiger partial charge on any atom is -0.492 e. The third kappa shape index (κ3) is 6.21. The van der Waals surface area contributed by atoms with Crippen LogP contribution < -0.4 is 15.8 Å². The highest BCUT2D eigenvalue weighted by molar-refractivity contribution is 7.90. The topological polar surface area (TPSA) is 98.5 Å². The summed E-state index contributed by atoms with van der Waals surface area (Å²) in [4.78, 5) is 12.3. The Hall–Kier alpha value is -2.38. The Balaban J connectivity index is 1.98. The SMILES string of the molecule is Cc1ccc(C(N)C(=O)Nc2cccc(OCCS(C)(=O)=O)c2)cc1. The number of benzene rings is 2. The summed E-state index contributed by atoms with van der Waals surface area (Å²) in [6.45, 7) is 2.02. The number of sulfone groups is 1. The van der Waals surface area contributed by atoms with Crippen molar-refractivity contribution in [2.75, 3.05) is 23.9 Å². The highest BCUT2D eigenvalue weighted by Crippen LogP contribution is 2.19. The zero-order chi connectivity index (χ0) is 18.4. The molecular formula is C18H22N2O4S. The fourth-order valence-electron chi connectivity index (χ4n) is 2.12. The van der Waals surface area contributed by atoms with E-state index < -0.39 is 15.9 Å². The number of hydrogen-bond donors (Lipinski definition) is 2. The van der Waals surface area contributed by atoms with Gasteiger partial charge >= 0.3 is 0 Å². The average Bonchev–Trinajstić information content (AvgIpc) is 2.54. The Kier molecular flexibility index (Phi) is 6.17. The molecule has 1 atom stereocenters. The van der Waals surface area contributed by atoms with Crippen LogP contribution in [0.3, 0.4) is 0 Å². The largest absolute Gasteiger partial charge is 0.492 e. The van der Waals surface area contributed by atoms with Crippen molar-refractivity contribution in [2.45, 2.75) is 13.0 Å². The van der Waals surface area contributed by atoms with Crippen LogP contribution in [0.5, 0.6) is 5.75 Å². The molecule has 7 heteroatoms. The molecule has 2 aromatic carbocycles. The number of carbonyl (C=O) groups excluding carboxylic acids is 1. The minimum absolute atomic E-state index is 0.0547. The summed E-state index contributed by atoms with van der Waals surface area (Å²) < 4.78 is 27.6. The second-order valence-corrected chi connectivity index (χ2v) is 8.14. The van der Waals surface area contributed by atoms with E-state index >= 15 is 0 Å². The number of nitrogens with two attached hydrogens (primary N) is 1. The summed E-state index contributed by atoms with van der Waals surface area (Å²) in [5, 5.41) is 2.74. The van der Waals surface area contributed by atoms with Crippen molar-refractivity contribution in [3.05, 3.63) is 59.7 Å². The van der Waals surface area contributed by atoms with Crippen LogP contribution in [0.25, 0.3) is 0 Å². The lowest BCUT2D eigenvalue weighted by atomic mass is 10.1. The monoisotopic (exact) mass is 362 g/mol. The van der Waals surface area contributed by atoms with Crippen molar-refractivity contribution in [3.8, 4) is 5.75 Å². The van der Waals surface area contributed by atoms with Crippen molar-refractivity contribution in [1.29, 1.82) is 0 Å². The Labute approximate surface area is 147 Å². The standard InChI is InChI=1S/C18H22N2O4S/c1-13-6-8-14(9-7-13)17(19)18(21)20-15-4-3-5-16(12-15)24-10-11-25(2,22)23/h3-9,12,17H,10-11,19H2,1-2H3,(H,20,21). The summed E-state index contributed by atoms with van der Waals surface area (Å²) in [6, 6.07) is 13.4. The first-order valence-electron chi connectivity index (χ1n) is 7.78. The number of ether oxygens (including phenoxy) is 1. The lowest BCUT2D eigenvalue weighted by Crippen LogP contribution is -2.27. The van der Waals surface area contributed by atoms with E-state index in [0.29, 0.717) is 11.4 Å². The summed E-state index contributed by atoms with van der Waals surface area (Å²) in [6.07, 6.45) is 1.15. The van der Waals surface area contributed by atoms with Gasteiger partial charge in [0, 0.05) is 18.0 Å². The van der Waals surface area contributed by atoms with Crippen LogP contribution in [0.1, 0.15) is 17.2 Å².